The van der Waals surface area contributed by atoms with Gasteiger partial charge in [0, 0.05) is 29.9 Å². The molecule has 2 aliphatic rings. The number of amides is 2. The number of Topliss-reactive ketones (excluding diaryl/α,β-unsaturated/α-hetero) is 1. The second-order valence-electron chi connectivity index (χ2n) is 8.34. The lowest BCUT2D eigenvalue weighted by Crippen LogP contribution is -2.51. The maximum absolute atomic E-state index is 13.9. The number of carbonyl (C=O) groups excluding carboxylic acids is 3. The van der Waals surface area contributed by atoms with Crippen molar-refractivity contribution in [2.24, 2.45) is 5.41 Å². The van der Waals surface area contributed by atoms with Gasteiger partial charge in [-0.1, -0.05) is 60.1 Å². The van der Waals surface area contributed by atoms with Crippen molar-refractivity contribution < 1.29 is 14.4 Å². The molecule has 0 spiro atoms. The van der Waals surface area contributed by atoms with Crippen LogP contribution in [-0.2, 0) is 22.6 Å². The van der Waals surface area contributed by atoms with Crippen LogP contribution in [0.5, 0.6) is 0 Å². The highest BCUT2D eigenvalue weighted by molar-refractivity contribution is 6.31. The first-order valence-electron chi connectivity index (χ1n) is 10.5. The fourth-order valence-electron chi connectivity index (χ4n) is 4.99. The number of hydrogen-bond acceptors (Lipinski definition) is 3. The Labute approximate surface area is 191 Å². The maximum Gasteiger partial charge on any atom is 0.235 e. The van der Waals surface area contributed by atoms with Gasteiger partial charge >= 0.3 is 0 Å². The van der Waals surface area contributed by atoms with Crippen LogP contribution < -0.4 is 10.2 Å². The lowest BCUT2D eigenvalue weighted by Gasteiger charge is -2.31. The van der Waals surface area contributed by atoms with Gasteiger partial charge < -0.3 is 10.2 Å². The van der Waals surface area contributed by atoms with Gasteiger partial charge in [0.05, 0.1) is 5.92 Å². The van der Waals surface area contributed by atoms with Gasteiger partial charge in [-0.25, -0.2) is 0 Å². The molecule has 0 radical (unpaired) electrons. The van der Waals surface area contributed by atoms with Crippen LogP contribution in [0.4, 0.5) is 5.69 Å². The molecule has 1 aliphatic heterocycles. The molecule has 160 valence electrons. The fraction of sp³-hybridized carbons (Fsp3) is 0.192. The van der Waals surface area contributed by atoms with E-state index in [9.17, 15) is 14.4 Å². The average Bonchev–Trinajstić information content (AvgIpc) is 3.24. The average molecular weight is 445 g/mol. The van der Waals surface area contributed by atoms with Gasteiger partial charge in [-0.05, 0) is 47.4 Å². The standard InChI is InChI=1S/C26H21ClN2O3/c1-29-21-10-6-5-9-20(21)22(24(29)31)26(25(32)28-15-16-7-3-2-4-8-16)14-17-13-18(27)11-12-19(17)23(26)30/h2-13,22H,14-15H2,1H3,(H,28,32)/t22-,26-/m0/s1. The lowest BCUT2D eigenvalue weighted by molar-refractivity contribution is -0.134. The van der Waals surface area contributed by atoms with E-state index in [0.717, 1.165) is 11.3 Å². The van der Waals surface area contributed by atoms with Crippen molar-refractivity contribution in [1.29, 1.82) is 0 Å². The van der Waals surface area contributed by atoms with Gasteiger partial charge in [-0.3, -0.25) is 14.4 Å². The van der Waals surface area contributed by atoms with Gasteiger partial charge in [-0.15, -0.1) is 0 Å². The van der Waals surface area contributed by atoms with E-state index in [-0.39, 0.29) is 24.7 Å². The zero-order chi connectivity index (χ0) is 22.5. The molecule has 32 heavy (non-hydrogen) atoms. The third-order valence-corrected chi connectivity index (χ3v) is 6.80. The predicted molar refractivity (Wildman–Crippen MR) is 123 cm³/mol. The number of nitrogens with one attached hydrogen (secondary N) is 1. The highest BCUT2D eigenvalue weighted by Gasteiger charge is 2.61. The summed E-state index contributed by atoms with van der Waals surface area (Å²) in [4.78, 5) is 42.7. The molecule has 0 bridgehead atoms. The molecule has 2 atom stereocenters. The summed E-state index contributed by atoms with van der Waals surface area (Å²) in [5.74, 6) is -1.94. The normalized spacial score (nSPS) is 21.4. The molecule has 0 saturated heterocycles. The fourth-order valence-corrected chi connectivity index (χ4v) is 5.19. The molecular formula is C26H21ClN2O3. The van der Waals surface area contributed by atoms with Gasteiger partial charge in [0.1, 0.15) is 5.41 Å². The van der Waals surface area contributed by atoms with Crippen molar-refractivity contribution in [2.45, 2.75) is 18.9 Å². The molecule has 1 aliphatic carbocycles. The van der Waals surface area contributed by atoms with Crippen molar-refractivity contribution in [3.8, 4) is 0 Å². The third-order valence-electron chi connectivity index (χ3n) is 6.57. The Morgan fingerprint density at radius 1 is 1.06 bits per heavy atom. The summed E-state index contributed by atoms with van der Waals surface area (Å²) in [6.45, 7) is 0.268. The van der Waals surface area contributed by atoms with Crippen molar-refractivity contribution in [2.75, 3.05) is 11.9 Å². The van der Waals surface area contributed by atoms with Crippen molar-refractivity contribution in [1.82, 2.24) is 5.32 Å². The van der Waals surface area contributed by atoms with Gasteiger partial charge in [0.15, 0.2) is 5.78 Å². The van der Waals surface area contributed by atoms with E-state index < -0.39 is 17.2 Å². The van der Waals surface area contributed by atoms with Crippen LogP contribution in [0, 0.1) is 5.41 Å². The summed E-state index contributed by atoms with van der Waals surface area (Å²) in [6.07, 6.45) is 0.126. The number of halogens is 1. The Hall–Kier alpha value is -3.44. The van der Waals surface area contributed by atoms with Crippen LogP contribution in [0.3, 0.4) is 0 Å². The number of para-hydroxylation sites is 1. The number of ketones is 1. The van der Waals surface area contributed by atoms with Gasteiger partial charge in [0.2, 0.25) is 11.8 Å². The molecule has 0 fully saturated rings. The Morgan fingerprint density at radius 3 is 2.56 bits per heavy atom. The van der Waals surface area contributed by atoms with E-state index in [1.807, 2.05) is 54.6 Å². The smallest absolute Gasteiger partial charge is 0.235 e. The van der Waals surface area contributed by atoms with E-state index >= 15 is 0 Å². The van der Waals surface area contributed by atoms with E-state index in [1.165, 1.54) is 4.90 Å². The lowest BCUT2D eigenvalue weighted by atomic mass is 9.68. The Morgan fingerprint density at radius 2 is 1.78 bits per heavy atom. The maximum atomic E-state index is 13.9. The molecule has 1 heterocycles. The van der Waals surface area contributed by atoms with Crippen LogP contribution >= 0.6 is 11.6 Å². The second kappa shape index (κ2) is 7.61. The molecular weight excluding hydrogens is 424 g/mol. The van der Waals surface area contributed by atoms with Crippen LogP contribution in [-0.4, -0.2) is 24.6 Å². The Kier molecular flexibility index (Phi) is 4.86. The highest BCUT2D eigenvalue weighted by Crippen LogP contribution is 2.53. The molecule has 2 amide bonds. The van der Waals surface area contributed by atoms with Gasteiger partial charge in [0.25, 0.3) is 0 Å². The highest BCUT2D eigenvalue weighted by atomic mass is 35.5. The minimum Gasteiger partial charge on any atom is -0.351 e. The zero-order valence-electron chi connectivity index (χ0n) is 17.5. The monoisotopic (exact) mass is 444 g/mol. The summed E-state index contributed by atoms with van der Waals surface area (Å²) in [6, 6.07) is 21.9. The van der Waals surface area contributed by atoms with E-state index in [1.54, 1.807) is 25.2 Å². The molecule has 0 unspecified atom stereocenters. The molecule has 5 rings (SSSR count). The number of likely N-dealkylation sites (N-methyl/N-ethyl adjacent to an activating group) is 1. The second-order valence-corrected chi connectivity index (χ2v) is 8.77. The number of nitrogens with zero attached hydrogens (tertiary/aromatic N) is 1. The summed E-state index contributed by atoms with van der Waals surface area (Å²) in [7, 11) is 1.68. The zero-order valence-corrected chi connectivity index (χ0v) is 18.2. The quantitative estimate of drug-likeness (QED) is 0.615. The van der Waals surface area contributed by atoms with Gasteiger partial charge in [-0.2, -0.15) is 0 Å². The molecule has 3 aromatic carbocycles. The molecule has 5 nitrogen and oxygen atoms in total. The number of anilines is 1. The van der Waals surface area contributed by atoms with Crippen LogP contribution in [0.15, 0.2) is 72.8 Å². The molecule has 1 N–H and O–H groups in total. The number of rotatable bonds is 4. The third kappa shape index (κ3) is 2.96. The summed E-state index contributed by atoms with van der Waals surface area (Å²) in [5.41, 5.74) is 1.90. The Bertz CT molecular complexity index is 1260. The van der Waals surface area contributed by atoms with Crippen molar-refractivity contribution in [3.05, 3.63) is 100 Å². The first-order valence-corrected chi connectivity index (χ1v) is 10.8. The van der Waals surface area contributed by atoms with E-state index in [2.05, 4.69) is 5.32 Å². The summed E-state index contributed by atoms with van der Waals surface area (Å²) in [5, 5.41) is 3.43. The summed E-state index contributed by atoms with van der Waals surface area (Å²) >= 11 is 6.19. The number of benzene rings is 3. The number of carbonyl (C=O) groups is 3. The van der Waals surface area contributed by atoms with Crippen LogP contribution in [0.2, 0.25) is 5.02 Å². The minimum atomic E-state index is -1.57. The van der Waals surface area contributed by atoms with Crippen molar-refractivity contribution in [3.63, 3.8) is 0 Å². The first-order chi connectivity index (χ1) is 15.4. The Balaban J connectivity index is 1.62. The molecule has 0 saturated carbocycles. The SMILES string of the molecule is CN1C(=O)[C@@H]([C@@]2(C(=O)NCc3ccccc3)Cc3cc(Cl)ccc3C2=O)c2ccccc21. The van der Waals surface area contributed by atoms with Crippen LogP contribution in [0.1, 0.15) is 33.0 Å². The predicted octanol–water partition coefficient (Wildman–Crippen LogP) is 4.14. The topological polar surface area (TPSA) is 66.5 Å². The minimum absolute atomic E-state index is 0.126. The van der Waals surface area contributed by atoms with Crippen LogP contribution in [0.25, 0.3) is 0 Å². The first kappa shape index (κ1) is 20.5. The number of fused-ring (bicyclic) bond motifs is 2. The largest absolute Gasteiger partial charge is 0.351 e. The molecule has 6 heteroatoms. The molecule has 0 aromatic heterocycles. The van der Waals surface area contributed by atoms with Crippen molar-refractivity contribution >= 4 is 34.9 Å². The summed E-state index contributed by atoms with van der Waals surface area (Å²) < 4.78 is 0. The van der Waals surface area contributed by atoms with E-state index in [0.29, 0.717) is 21.7 Å². The van der Waals surface area contributed by atoms with E-state index in [4.69, 9.17) is 11.6 Å². The molecule has 3 aromatic rings. The number of hydrogen-bond donors (Lipinski definition) is 1.